The van der Waals surface area contributed by atoms with Crippen LogP contribution in [0.1, 0.15) is 91.2 Å². The van der Waals surface area contributed by atoms with Gasteiger partial charge in [0.2, 0.25) is 0 Å². The molecule has 0 radical (unpaired) electrons. The van der Waals surface area contributed by atoms with Crippen LogP contribution in [0, 0.1) is 17.3 Å². The van der Waals surface area contributed by atoms with E-state index in [0.29, 0.717) is 11.3 Å². The summed E-state index contributed by atoms with van der Waals surface area (Å²) in [6.45, 7) is 19.5. The molecular formula is C25H42O. The highest BCUT2D eigenvalue weighted by molar-refractivity contribution is 5.43. The SMILES string of the molecule is C=C(C)C1c2ccc(OC)cc2CCC1C1CCCC1(C)C.CC.CC. The fraction of sp³-hybridized carbons (Fsp3) is 0.680. The Morgan fingerprint density at radius 3 is 2.27 bits per heavy atom. The summed E-state index contributed by atoms with van der Waals surface area (Å²) in [4.78, 5) is 0. The van der Waals surface area contributed by atoms with E-state index in [-0.39, 0.29) is 0 Å². The highest BCUT2D eigenvalue weighted by Gasteiger charge is 2.44. The van der Waals surface area contributed by atoms with Gasteiger partial charge in [-0.05, 0) is 73.1 Å². The molecule has 1 saturated carbocycles. The fourth-order valence-corrected chi connectivity index (χ4v) is 5.16. The number of benzene rings is 1. The number of rotatable bonds is 3. The summed E-state index contributed by atoms with van der Waals surface area (Å²) in [5, 5.41) is 0. The van der Waals surface area contributed by atoms with E-state index in [1.54, 1.807) is 7.11 Å². The van der Waals surface area contributed by atoms with Gasteiger partial charge in [0.25, 0.3) is 0 Å². The third kappa shape index (κ3) is 4.72. The molecule has 26 heavy (non-hydrogen) atoms. The van der Waals surface area contributed by atoms with Crippen molar-refractivity contribution in [3.8, 4) is 5.75 Å². The van der Waals surface area contributed by atoms with Crippen LogP contribution in [-0.4, -0.2) is 7.11 Å². The van der Waals surface area contributed by atoms with Crippen molar-refractivity contribution in [1.29, 1.82) is 0 Å². The predicted molar refractivity (Wildman–Crippen MR) is 116 cm³/mol. The second-order valence-electron chi connectivity index (χ2n) is 8.08. The van der Waals surface area contributed by atoms with Gasteiger partial charge in [-0.1, -0.05) is 66.2 Å². The monoisotopic (exact) mass is 358 g/mol. The molecule has 148 valence electrons. The Labute approximate surface area is 163 Å². The van der Waals surface area contributed by atoms with E-state index in [4.69, 9.17) is 4.74 Å². The van der Waals surface area contributed by atoms with E-state index in [2.05, 4.69) is 45.5 Å². The van der Waals surface area contributed by atoms with Crippen LogP contribution in [0.25, 0.3) is 0 Å². The Hall–Kier alpha value is -1.24. The van der Waals surface area contributed by atoms with Gasteiger partial charge in [0, 0.05) is 5.92 Å². The molecule has 2 aliphatic rings. The van der Waals surface area contributed by atoms with Crippen LogP contribution in [0.4, 0.5) is 0 Å². The summed E-state index contributed by atoms with van der Waals surface area (Å²) in [7, 11) is 1.75. The minimum atomic E-state index is 0.488. The molecule has 0 aliphatic heterocycles. The van der Waals surface area contributed by atoms with Crippen molar-refractivity contribution in [3.05, 3.63) is 41.5 Å². The van der Waals surface area contributed by atoms with E-state index >= 15 is 0 Å². The molecule has 1 nitrogen and oxygen atoms in total. The average Bonchev–Trinajstić information content (AvgIpc) is 3.02. The molecule has 1 aromatic carbocycles. The molecular weight excluding hydrogens is 316 g/mol. The zero-order chi connectivity index (χ0) is 19.9. The van der Waals surface area contributed by atoms with Crippen molar-refractivity contribution < 1.29 is 4.74 Å². The zero-order valence-corrected chi connectivity index (χ0v) is 18.6. The molecule has 3 atom stereocenters. The van der Waals surface area contributed by atoms with Gasteiger partial charge in [0.15, 0.2) is 0 Å². The van der Waals surface area contributed by atoms with Gasteiger partial charge in [-0.2, -0.15) is 0 Å². The molecule has 0 spiro atoms. The van der Waals surface area contributed by atoms with Crippen molar-refractivity contribution >= 4 is 0 Å². The Morgan fingerprint density at radius 1 is 1.12 bits per heavy atom. The second-order valence-corrected chi connectivity index (χ2v) is 8.08. The number of allylic oxidation sites excluding steroid dienone is 1. The van der Waals surface area contributed by atoms with Gasteiger partial charge < -0.3 is 4.74 Å². The van der Waals surface area contributed by atoms with Crippen LogP contribution in [0.3, 0.4) is 0 Å². The second kappa shape index (κ2) is 10.2. The first-order chi connectivity index (χ1) is 12.4. The van der Waals surface area contributed by atoms with Gasteiger partial charge in [-0.15, -0.1) is 0 Å². The van der Waals surface area contributed by atoms with E-state index in [9.17, 15) is 0 Å². The largest absolute Gasteiger partial charge is 0.497 e. The molecule has 0 N–H and O–H groups in total. The molecule has 2 aliphatic carbocycles. The lowest BCUT2D eigenvalue weighted by Gasteiger charge is -2.43. The fourth-order valence-electron chi connectivity index (χ4n) is 5.16. The van der Waals surface area contributed by atoms with Crippen molar-refractivity contribution in [3.63, 3.8) is 0 Å². The topological polar surface area (TPSA) is 9.23 Å². The van der Waals surface area contributed by atoms with Gasteiger partial charge in [-0.25, -0.2) is 0 Å². The Bertz CT molecular complexity index is 570. The molecule has 1 aromatic rings. The first kappa shape index (κ1) is 22.8. The van der Waals surface area contributed by atoms with Gasteiger partial charge in [0.05, 0.1) is 7.11 Å². The number of hydrogen-bond acceptors (Lipinski definition) is 1. The molecule has 0 aromatic heterocycles. The number of methoxy groups -OCH3 is 1. The van der Waals surface area contributed by atoms with E-state index in [0.717, 1.165) is 17.6 Å². The van der Waals surface area contributed by atoms with Gasteiger partial charge in [-0.3, -0.25) is 0 Å². The maximum Gasteiger partial charge on any atom is 0.119 e. The van der Waals surface area contributed by atoms with Crippen molar-refractivity contribution in [2.75, 3.05) is 7.11 Å². The third-order valence-electron chi connectivity index (χ3n) is 6.25. The smallest absolute Gasteiger partial charge is 0.119 e. The lowest BCUT2D eigenvalue weighted by atomic mass is 9.62. The van der Waals surface area contributed by atoms with E-state index < -0.39 is 0 Å². The lowest BCUT2D eigenvalue weighted by molar-refractivity contribution is 0.148. The van der Waals surface area contributed by atoms with Crippen LogP contribution in [0.2, 0.25) is 0 Å². The van der Waals surface area contributed by atoms with Crippen LogP contribution in [0.15, 0.2) is 30.4 Å². The summed E-state index contributed by atoms with van der Waals surface area (Å²) >= 11 is 0. The molecule has 0 amide bonds. The summed E-state index contributed by atoms with van der Waals surface area (Å²) in [6.07, 6.45) is 6.66. The Kier molecular flexibility index (Phi) is 8.93. The minimum Gasteiger partial charge on any atom is -0.497 e. The average molecular weight is 359 g/mol. The molecule has 0 bridgehead atoms. The van der Waals surface area contributed by atoms with E-state index in [1.165, 1.54) is 48.8 Å². The Morgan fingerprint density at radius 2 is 1.77 bits per heavy atom. The maximum absolute atomic E-state index is 5.41. The van der Waals surface area contributed by atoms with Crippen LogP contribution in [-0.2, 0) is 6.42 Å². The molecule has 3 unspecified atom stereocenters. The highest BCUT2D eigenvalue weighted by atomic mass is 16.5. The lowest BCUT2D eigenvalue weighted by Crippen LogP contribution is -2.33. The van der Waals surface area contributed by atoms with Gasteiger partial charge in [0.1, 0.15) is 5.75 Å². The predicted octanol–water partition coefficient (Wildman–Crippen LogP) is 7.80. The number of ether oxygens (including phenoxy) is 1. The minimum absolute atomic E-state index is 0.488. The molecule has 0 saturated heterocycles. The standard InChI is InChI=1S/C21H30O.2C2H6/c1-14(2)20-17-11-9-16(22-5)13-15(17)8-10-18(20)19-7-6-12-21(19,3)4;2*1-2/h9,11,13,18-20H,1,6-8,10,12H2,2-5H3;2*1-2H3. The summed E-state index contributed by atoms with van der Waals surface area (Å²) in [5.74, 6) is 3.11. The van der Waals surface area contributed by atoms with Crippen LogP contribution in [0.5, 0.6) is 5.75 Å². The first-order valence-electron chi connectivity index (χ1n) is 10.8. The summed E-state index contributed by atoms with van der Waals surface area (Å²) in [5.41, 5.74) is 4.80. The van der Waals surface area contributed by atoms with Gasteiger partial charge >= 0.3 is 0 Å². The van der Waals surface area contributed by atoms with Crippen molar-refractivity contribution in [1.82, 2.24) is 0 Å². The number of aryl methyl sites for hydroxylation is 1. The summed E-state index contributed by atoms with van der Waals surface area (Å²) < 4.78 is 5.41. The first-order valence-corrected chi connectivity index (χ1v) is 10.8. The number of fused-ring (bicyclic) bond motifs is 1. The third-order valence-corrected chi connectivity index (χ3v) is 6.25. The molecule has 1 fully saturated rings. The maximum atomic E-state index is 5.41. The summed E-state index contributed by atoms with van der Waals surface area (Å²) in [6, 6.07) is 6.65. The van der Waals surface area contributed by atoms with Crippen LogP contribution < -0.4 is 4.74 Å². The normalized spacial score (nSPS) is 25.8. The molecule has 3 rings (SSSR count). The van der Waals surface area contributed by atoms with Crippen molar-refractivity contribution in [2.45, 2.75) is 86.5 Å². The Balaban J connectivity index is 0.000000791. The van der Waals surface area contributed by atoms with Crippen LogP contribution >= 0.6 is 0 Å². The molecule has 1 heteroatoms. The van der Waals surface area contributed by atoms with Crippen molar-refractivity contribution in [2.24, 2.45) is 17.3 Å². The zero-order valence-electron chi connectivity index (χ0n) is 18.6. The van der Waals surface area contributed by atoms with E-state index in [1.807, 2.05) is 27.7 Å². The quantitative estimate of drug-likeness (QED) is 0.501. The molecule has 0 heterocycles. The highest BCUT2D eigenvalue weighted by Crippen LogP contribution is 2.54. The number of hydrogen-bond donors (Lipinski definition) is 0.